The molecular formula is C18H19N3O4. The maximum Gasteiger partial charge on any atom is 0.330 e. The first-order valence-electron chi connectivity index (χ1n) is 7.97. The number of rotatable bonds is 5. The first kappa shape index (κ1) is 16.8. The number of pyridine rings is 1. The molecule has 1 atom stereocenters. The second-order valence-electron chi connectivity index (χ2n) is 5.65. The SMILES string of the molecule is CC[C@H]1NC(=O)N(c2cccc(Oc3ccc(C)c(OC)c3)n2)C1=O. The first-order chi connectivity index (χ1) is 12.0. The van der Waals surface area contributed by atoms with Gasteiger partial charge in [0, 0.05) is 12.1 Å². The zero-order chi connectivity index (χ0) is 18.0. The van der Waals surface area contributed by atoms with Crippen molar-refractivity contribution in [1.29, 1.82) is 0 Å². The maximum atomic E-state index is 12.3. The van der Waals surface area contributed by atoms with E-state index < -0.39 is 12.1 Å². The van der Waals surface area contributed by atoms with Crippen molar-refractivity contribution in [3.8, 4) is 17.4 Å². The third kappa shape index (κ3) is 3.26. The average Bonchev–Trinajstić information content (AvgIpc) is 2.90. The first-order valence-corrected chi connectivity index (χ1v) is 7.97. The van der Waals surface area contributed by atoms with E-state index in [-0.39, 0.29) is 17.6 Å². The molecule has 1 saturated heterocycles. The second-order valence-corrected chi connectivity index (χ2v) is 5.65. The number of nitrogens with zero attached hydrogens (tertiary/aromatic N) is 2. The van der Waals surface area contributed by atoms with E-state index in [1.165, 1.54) is 0 Å². The molecule has 3 amide bonds. The molecule has 7 nitrogen and oxygen atoms in total. The van der Waals surface area contributed by atoms with Crippen LogP contribution in [0, 0.1) is 6.92 Å². The monoisotopic (exact) mass is 341 g/mol. The quantitative estimate of drug-likeness (QED) is 0.846. The van der Waals surface area contributed by atoms with Gasteiger partial charge in [-0.3, -0.25) is 4.79 Å². The number of ether oxygens (including phenoxy) is 2. The molecule has 0 aliphatic carbocycles. The zero-order valence-corrected chi connectivity index (χ0v) is 14.3. The van der Waals surface area contributed by atoms with Crippen molar-refractivity contribution in [2.45, 2.75) is 26.3 Å². The summed E-state index contributed by atoms with van der Waals surface area (Å²) in [7, 11) is 1.59. The normalized spacial score (nSPS) is 16.8. The molecule has 1 aromatic carbocycles. The minimum Gasteiger partial charge on any atom is -0.496 e. The molecular weight excluding hydrogens is 322 g/mol. The average molecular weight is 341 g/mol. The van der Waals surface area contributed by atoms with Gasteiger partial charge in [0.2, 0.25) is 5.88 Å². The number of nitrogens with one attached hydrogen (secondary N) is 1. The van der Waals surface area contributed by atoms with Crippen LogP contribution in [0.5, 0.6) is 17.4 Å². The van der Waals surface area contributed by atoms with E-state index in [9.17, 15) is 9.59 Å². The van der Waals surface area contributed by atoms with Gasteiger partial charge >= 0.3 is 6.03 Å². The molecule has 2 aromatic rings. The fraction of sp³-hybridized carbons (Fsp3) is 0.278. The van der Waals surface area contributed by atoms with Crippen LogP contribution in [0.2, 0.25) is 0 Å². The molecule has 3 rings (SSSR count). The minimum atomic E-state index is -0.514. The number of anilines is 1. The summed E-state index contributed by atoms with van der Waals surface area (Å²) in [4.78, 5) is 29.6. The number of aromatic nitrogens is 1. The number of carbonyl (C=O) groups is 2. The van der Waals surface area contributed by atoms with E-state index in [0.717, 1.165) is 10.5 Å². The lowest BCUT2D eigenvalue weighted by Gasteiger charge is -2.13. The highest BCUT2D eigenvalue weighted by molar-refractivity contribution is 6.20. The smallest absolute Gasteiger partial charge is 0.330 e. The number of carbonyl (C=O) groups excluding carboxylic acids is 2. The highest BCUT2D eigenvalue weighted by Gasteiger charge is 2.38. The highest BCUT2D eigenvalue weighted by Crippen LogP contribution is 2.28. The van der Waals surface area contributed by atoms with Gasteiger partial charge < -0.3 is 14.8 Å². The molecule has 0 saturated carbocycles. The summed E-state index contributed by atoms with van der Waals surface area (Å²) >= 11 is 0. The molecule has 1 N–H and O–H groups in total. The van der Waals surface area contributed by atoms with E-state index in [1.807, 2.05) is 19.9 Å². The number of urea groups is 1. The fourth-order valence-corrected chi connectivity index (χ4v) is 2.59. The molecule has 0 unspecified atom stereocenters. The van der Waals surface area contributed by atoms with Crippen LogP contribution < -0.4 is 19.7 Å². The van der Waals surface area contributed by atoms with E-state index in [4.69, 9.17) is 9.47 Å². The van der Waals surface area contributed by atoms with Crippen molar-refractivity contribution < 1.29 is 19.1 Å². The van der Waals surface area contributed by atoms with Crippen LogP contribution in [0.1, 0.15) is 18.9 Å². The van der Waals surface area contributed by atoms with Crippen LogP contribution in [-0.4, -0.2) is 30.1 Å². The summed E-state index contributed by atoms with van der Waals surface area (Å²) in [5.74, 6) is 1.46. The third-order valence-corrected chi connectivity index (χ3v) is 3.97. The third-order valence-electron chi connectivity index (χ3n) is 3.97. The van der Waals surface area contributed by atoms with Crippen molar-refractivity contribution in [2.75, 3.05) is 12.0 Å². The molecule has 0 bridgehead atoms. The molecule has 130 valence electrons. The van der Waals surface area contributed by atoms with Gasteiger partial charge in [-0.1, -0.05) is 19.1 Å². The molecule has 7 heteroatoms. The summed E-state index contributed by atoms with van der Waals surface area (Å²) in [6, 6.07) is 9.38. The molecule has 2 heterocycles. The van der Waals surface area contributed by atoms with Crippen LogP contribution in [0.15, 0.2) is 36.4 Å². The molecule has 0 radical (unpaired) electrons. The van der Waals surface area contributed by atoms with Gasteiger partial charge in [-0.25, -0.2) is 9.69 Å². The molecule has 1 aliphatic heterocycles. The lowest BCUT2D eigenvalue weighted by Crippen LogP contribution is -2.31. The predicted octanol–water partition coefficient (Wildman–Crippen LogP) is 3.03. The topological polar surface area (TPSA) is 80.8 Å². The van der Waals surface area contributed by atoms with Crippen molar-refractivity contribution in [2.24, 2.45) is 0 Å². The minimum absolute atomic E-state index is 0.232. The lowest BCUT2D eigenvalue weighted by atomic mass is 10.2. The summed E-state index contributed by atoms with van der Waals surface area (Å²) in [6.07, 6.45) is 0.528. The van der Waals surface area contributed by atoms with Crippen molar-refractivity contribution in [3.05, 3.63) is 42.0 Å². The van der Waals surface area contributed by atoms with Gasteiger partial charge in [-0.2, -0.15) is 4.98 Å². The summed E-state index contributed by atoms with van der Waals surface area (Å²) in [6.45, 7) is 3.77. The van der Waals surface area contributed by atoms with Gasteiger partial charge in [0.15, 0.2) is 0 Å². The molecule has 25 heavy (non-hydrogen) atoms. The molecule has 0 spiro atoms. The summed E-state index contributed by atoms with van der Waals surface area (Å²) in [5, 5.41) is 2.63. The number of hydrogen-bond acceptors (Lipinski definition) is 5. The number of aryl methyl sites for hydroxylation is 1. The largest absolute Gasteiger partial charge is 0.496 e. The lowest BCUT2D eigenvalue weighted by molar-refractivity contribution is -0.118. The molecule has 1 aliphatic rings. The van der Waals surface area contributed by atoms with Crippen LogP contribution >= 0.6 is 0 Å². The molecule has 1 fully saturated rings. The van der Waals surface area contributed by atoms with Gasteiger partial charge in [-0.15, -0.1) is 0 Å². The van der Waals surface area contributed by atoms with E-state index >= 15 is 0 Å². The Labute approximate surface area is 145 Å². The number of amides is 3. The van der Waals surface area contributed by atoms with Gasteiger partial charge in [0.25, 0.3) is 5.91 Å². The Hall–Kier alpha value is -3.09. The number of methoxy groups -OCH3 is 1. The Morgan fingerprint density at radius 3 is 2.72 bits per heavy atom. The Bertz CT molecular complexity index is 822. The van der Waals surface area contributed by atoms with Crippen LogP contribution in [0.4, 0.5) is 10.6 Å². The maximum absolute atomic E-state index is 12.3. The van der Waals surface area contributed by atoms with Gasteiger partial charge in [0.1, 0.15) is 23.4 Å². The fourth-order valence-electron chi connectivity index (χ4n) is 2.59. The number of benzene rings is 1. The molecule has 1 aromatic heterocycles. The van der Waals surface area contributed by atoms with Crippen molar-refractivity contribution >= 4 is 17.8 Å². The second kappa shape index (κ2) is 6.80. The van der Waals surface area contributed by atoms with E-state index in [0.29, 0.717) is 17.9 Å². The van der Waals surface area contributed by atoms with Crippen molar-refractivity contribution in [3.63, 3.8) is 0 Å². The zero-order valence-electron chi connectivity index (χ0n) is 14.3. The number of imide groups is 1. The standard InChI is InChI=1S/C18H19N3O4/c1-4-13-17(22)21(18(23)19-13)15-6-5-7-16(20-15)25-12-9-8-11(2)14(10-12)24-3/h5-10,13H,4H2,1-3H3,(H,19,23)/t13-/m1/s1. The Balaban J connectivity index is 1.85. The Kier molecular flexibility index (Phi) is 4.56. The van der Waals surface area contributed by atoms with E-state index in [2.05, 4.69) is 10.3 Å². The van der Waals surface area contributed by atoms with Crippen molar-refractivity contribution in [1.82, 2.24) is 10.3 Å². The Morgan fingerprint density at radius 1 is 1.24 bits per heavy atom. The predicted molar refractivity (Wildman–Crippen MR) is 92.1 cm³/mol. The Morgan fingerprint density at radius 2 is 2.04 bits per heavy atom. The highest BCUT2D eigenvalue weighted by atomic mass is 16.5. The van der Waals surface area contributed by atoms with Crippen LogP contribution in [0.25, 0.3) is 0 Å². The number of hydrogen-bond donors (Lipinski definition) is 1. The van der Waals surface area contributed by atoms with Crippen LogP contribution in [-0.2, 0) is 4.79 Å². The summed E-state index contributed by atoms with van der Waals surface area (Å²) < 4.78 is 11.0. The summed E-state index contributed by atoms with van der Waals surface area (Å²) in [5.41, 5.74) is 0.988. The van der Waals surface area contributed by atoms with Gasteiger partial charge in [0.05, 0.1) is 7.11 Å². The van der Waals surface area contributed by atoms with E-state index in [1.54, 1.807) is 37.4 Å². The van der Waals surface area contributed by atoms with Crippen LogP contribution in [0.3, 0.4) is 0 Å². The van der Waals surface area contributed by atoms with Gasteiger partial charge in [-0.05, 0) is 31.0 Å².